The van der Waals surface area contributed by atoms with Crippen molar-refractivity contribution in [2.75, 3.05) is 19.5 Å². The molecule has 0 aliphatic heterocycles. The molecule has 0 bridgehead atoms. The summed E-state index contributed by atoms with van der Waals surface area (Å²) in [4.78, 5) is 29.0. The second-order valence-corrected chi connectivity index (χ2v) is 6.70. The number of hydrogen-bond acceptors (Lipinski definition) is 5. The number of carbonyl (C=O) groups is 1. The Morgan fingerprint density at radius 1 is 1.13 bits per heavy atom. The molecule has 0 saturated carbocycles. The largest absolute Gasteiger partial charge is 0.493 e. The lowest BCUT2D eigenvalue weighted by Gasteiger charge is -2.11. The molecule has 2 aromatic carbocycles. The Kier molecular flexibility index (Phi) is 6.47. The van der Waals surface area contributed by atoms with E-state index in [2.05, 4.69) is 10.3 Å². The van der Waals surface area contributed by atoms with Gasteiger partial charge < -0.3 is 14.8 Å². The summed E-state index contributed by atoms with van der Waals surface area (Å²) in [6, 6.07) is 7.55. The predicted octanol–water partition coefficient (Wildman–Crippen LogP) is 3.85. The van der Waals surface area contributed by atoms with Crippen LogP contribution in [0.15, 0.2) is 47.5 Å². The van der Waals surface area contributed by atoms with Crippen molar-refractivity contribution in [3.05, 3.63) is 58.6 Å². The molecular weight excluding hydrogens is 415 g/mol. The average molecular weight is 435 g/mol. The molecule has 3 aromatic rings. The number of anilines is 1. The van der Waals surface area contributed by atoms with Gasteiger partial charge in [0.25, 0.3) is 5.56 Å². The van der Waals surface area contributed by atoms with E-state index in [4.69, 9.17) is 9.47 Å². The third kappa shape index (κ3) is 5.14. The highest BCUT2D eigenvalue weighted by Gasteiger charge is 2.30. The van der Waals surface area contributed by atoms with Crippen molar-refractivity contribution in [2.45, 2.75) is 25.6 Å². The summed E-state index contributed by atoms with van der Waals surface area (Å²) < 4.78 is 50.1. The molecule has 0 aliphatic rings. The molecule has 0 atom stereocenters. The molecule has 0 fully saturated rings. The third-order valence-corrected chi connectivity index (χ3v) is 4.61. The fraction of sp³-hybridized carbons (Fsp3) is 0.286. The van der Waals surface area contributed by atoms with Crippen LogP contribution >= 0.6 is 0 Å². The molecule has 3 rings (SSSR count). The number of ether oxygens (including phenoxy) is 2. The highest BCUT2D eigenvalue weighted by molar-refractivity contribution is 5.90. The number of benzene rings is 2. The second kappa shape index (κ2) is 9.07. The van der Waals surface area contributed by atoms with E-state index in [1.807, 2.05) is 0 Å². The number of methoxy groups -OCH3 is 2. The van der Waals surface area contributed by atoms with Gasteiger partial charge in [0.2, 0.25) is 5.91 Å². The van der Waals surface area contributed by atoms with Crippen LogP contribution in [0, 0.1) is 0 Å². The van der Waals surface area contributed by atoms with E-state index in [1.165, 1.54) is 37.2 Å². The maximum Gasteiger partial charge on any atom is 0.416 e. The summed E-state index contributed by atoms with van der Waals surface area (Å²) in [5.41, 5.74) is -0.637. The van der Waals surface area contributed by atoms with E-state index < -0.39 is 17.6 Å². The third-order valence-electron chi connectivity index (χ3n) is 4.61. The molecule has 1 N–H and O–H groups in total. The lowest BCUT2D eigenvalue weighted by molar-refractivity contribution is -0.137. The number of halogens is 3. The van der Waals surface area contributed by atoms with Crippen molar-refractivity contribution < 1.29 is 27.4 Å². The number of aromatic nitrogens is 2. The van der Waals surface area contributed by atoms with Gasteiger partial charge in [-0.05, 0) is 30.7 Å². The van der Waals surface area contributed by atoms with Crippen LogP contribution in [-0.4, -0.2) is 29.7 Å². The normalized spacial score (nSPS) is 11.4. The molecule has 0 saturated heterocycles. The van der Waals surface area contributed by atoms with E-state index in [-0.39, 0.29) is 24.2 Å². The van der Waals surface area contributed by atoms with Gasteiger partial charge in [0.1, 0.15) is 0 Å². The van der Waals surface area contributed by atoms with Gasteiger partial charge in [0, 0.05) is 24.7 Å². The van der Waals surface area contributed by atoms with Gasteiger partial charge in [-0.1, -0.05) is 6.07 Å². The fourth-order valence-corrected chi connectivity index (χ4v) is 3.05. The summed E-state index contributed by atoms with van der Waals surface area (Å²) in [6.07, 6.45) is -2.79. The minimum Gasteiger partial charge on any atom is -0.493 e. The standard InChI is InChI=1S/C21H20F3N3O4/c1-30-17-10-15-16(11-18(17)31-2)25-12-27(20(15)29)8-4-7-19(28)26-14-6-3-5-13(9-14)21(22,23)24/h3,5-6,9-12H,4,7-8H2,1-2H3,(H,26,28). The Labute approximate surface area is 175 Å². The quantitative estimate of drug-likeness (QED) is 0.610. The predicted molar refractivity (Wildman–Crippen MR) is 108 cm³/mol. The van der Waals surface area contributed by atoms with Crippen LogP contribution in [0.4, 0.5) is 18.9 Å². The first-order valence-electron chi connectivity index (χ1n) is 9.31. The van der Waals surface area contributed by atoms with Crippen LogP contribution in [-0.2, 0) is 17.5 Å². The average Bonchev–Trinajstić information content (AvgIpc) is 2.74. The summed E-state index contributed by atoms with van der Waals surface area (Å²) in [6.45, 7) is 0.214. The maximum atomic E-state index is 12.8. The van der Waals surface area contributed by atoms with Gasteiger partial charge in [-0.3, -0.25) is 14.2 Å². The van der Waals surface area contributed by atoms with Crippen LogP contribution < -0.4 is 20.3 Å². The fourth-order valence-electron chi connectivity index (χ4n) is 3.05. The van der Waals surface area contributed by atoms with Crippen molar-refractivity contribution in [3.8, 4) is 11.5 Å². The zero-order valence-electron chi connectivity index (χ0n) is 16.8. The van der Waals surface area contributed by atoms with Crippen LogP contribution in [0.5, 0.6) is 11.5 Å². The first kappa shape index (κ1) is 22.1. The van der Waals surface area contributed by atoms with E-state index in [9.17, 15) is 22.8 Å². The summed E-state index contributed by atoms with van der Waals surface area (Å²) in [5, 5.41) is 2.78. The van der Waals surface area contributed by atoms with Gasteiger partial charge in [-0.2, -0.15) is 13.2 Å². The zero-order valence-corrected chi connectivity index (χ0v) is 16.8. The van der Waals surface area contributed by atoms with Gasteiger partial charge >= 0.3 is 6.18 Å². The Morgan fingerprint density at radius 3 is 2.52 bits per heavy atom. The van der Waals surface area contributed by atoms with Crippen molar-refractivity contribution in [1.82, 2.24) is 9.55 Å². The van der Waals surface area contributed by atoms with Crippen molar-refractivity contribution in [2.24, 2.45) is 0 Å². The molecule has 0 radical (unpaired) electrons. The molecule has 1 amide bonds. The number of rotatable bonds is 7. The summed E-state index contributed by atoms with van der Waals surface area (Å²) >= 11 is 0. The first-order valence-corrected chi connectivity index (χ1v) is 9.31. The molecule has 0 unspecified atom stereocenters. The minimum absolute atomic E-state index is 0.0205. The number of carbonyl (C=O) groups excluding carboxylic acids is 1. The molecule has 1 aromatic heterocycles. The summed E-state index contributed by atoms with van der Waals surface area (Å²) in [7, 11) is 2.94. The molecule has 10 heteroatoms. The van der Waals surface area contributed by atoms with Crippen molar-refractivity contribution in [1.29, 1.82) is 0 Å². The monoisotopic (exact) mass is 435 g/mol. The van der Waals surface area contributed by atoms with E-state index >= 15 is 0 Å². The lowest BCUT2D eigenvalue weighted by Crippen LogP contribution is -2.22. The van der Waals surface area contributed by atoms with Crippen molar-refractivity contribution in [3.63, 3.8) is 0 Å². The minimum atomic E-state index is -4.49. The molecule has 7 nitrogen and oxygen atoms in total. The Balaban J connectivity index is 1.66. The maximum absolute atomic E-state index is 12.8. The number of hydrogen-bond donors (Lipinski definition) is 1. The number of amides is 1. The van der Waals surface area contributed by atoms with E-state index in [0.717, 1.165) is 12.1 Å². The van der Waals surface area contributed by atoms with Gasteiger partial charge in [0.15, 0.2) is 11.5 Å². The number of nitrogens with one attached hydrogen (secondary N) is 1. The molecule has 0 aliphatic carbocycles. The van der Waals surface area contributed by atoms with Crippen LogP contribution in [0.3, 0.4) is 0 Å². The Morgan fingerprint density at radius 2 is 1.84 bits per heavy atom. The lowest BCUT2D eigenvalue weighted by atomic mass is 10.2. The van der Waals surface area contributed by atoms with Crippen LogP contribution in [0.1, 0.15) is 18.4 Å². The molecule has 1 heterocycles. The van der Waals surface area contributed by atoms with Crippen LogP contribution in [0.25, 0.3) is 10.9 Å². The molecular formula is C21H20F3N3O4. The second-order valence-electron chi connectivity index (χ2n) is 6.70. The van der Waals surface area contributed by atoms with Gasteiger partial charge in [-0.15, -0.1) is 0 Å². The van der Waals surface area contributed by atoms with Crippen molar-refractivity contribution >= 4 is 22.5 Å². The molecule has 164 valence electrons. The number of fused-ring (bicyclic) bond motifs is 1. The van der Waals surface area contributed by atoms with Gasteiger partial charge in [-0.25, -0.2) is 4.98 Å². The Bertz CT molecular complexity index is 1160. The Hall–Kier alpha value is -3.56. The number of alkyl halides is 3. The summed E-state index contributed by atoms with van der Waals surface area (Å²) in [5.74, 6) is 0.394. The highest BCUT2D eigenvalue weighted by atomic mass is 19.4. The molecule has 0 spiro atoms. The topological polar surface area (TPSA) is 82.5 Å². The van der Waals surface area contributed by atoms with Crippen LogP contribution in [0.2, 0.25) is 0 Å². The highest BCUT2D eigenvalue weighted by Crippen LogP contribution is 2.31. The molecule has 31 heavy (non-hydrogen) atoms. The first-order chi connectivity index (χ1) is 14.7. The SMILES string of the molecule is COc1cc2ncn(CCCC(=O)Nc3cccc(C(F)(F)F)c3)c(=O)c2cc1OC. The number of nitrogens with zero attached hydrogens (tertiary/aromatic N) is 2. The van der Waals surface area contributed by atoms with Gasteiger partial charge in [0.05, 0.1) is 37.0 Å². The zero-order chi connectivity index (χ0) is 22.6. The van der Waals surface area contributed by atoms with E-state index in [0.29, 0.717) is 28.8 Å². The number of aryl methyl sites for hydroxylation is 1. The smallest absolute Gasteiger partial charge is 0.416 e. The van der Waals surface area contributed by atoms with E-state index in [1.54, 1.807) is 12.1 Å².